The molecule has 142 valence electrons. The van der Waals surface area contributed by atoms with Crippen LogP contribution in [0.25, 0.3) is 0 Å². The van der Waals surface area contributed by atoms with Gasteiger partial charge in [0, 0.05) is 23.9 Å². The number of carbonyl (C=O) groups excluding carboxylic acids is 2. The molecule has 1 aromatic rings. The average molecular weight is 381 g/mol. The fourth-order valence-electron chi connectivity index (χ4n) is 2.08. The molecule has 0 aliphatic heterocycles. The van der Waals surface area contributed by atoms with Crippen LogP contribution >= 0.6 is 11.6 Å². The molecule has 1 aromatic carbocycles. The summed E-state index contributed by atoms with van der Waals surface area (Å²) in [7, 11) is 0. The Morgan fingerprint density at radius 2 is 2.04 bits per heavy atom. The van der Waals surface area contributed by atoms with E-state index >= 15 is 0 Å². The number of benzene rings is 1. The molecule has 0 aromatic heterocycles. The van der Waals surface area contributed by atoms with Gasteiger partial charge in [-0.2, -0.15) is 5.26 Å². The number of halogens is 1. The highest BCUT2D eigenvalue weighted by Crippen LogP contribution is 2.20. The van der Waals surface area contributed by atoms with Crippen LogP contribution in [0.3, 0.4) is 0 Å². The van der Waals surface area contributed by atoms with E-state index in [1.807, 2.05) is 6.07 Å². The van der Waals surface area contributed by atoms with Gasteiger partial charge in [-0.15, -0.1) is 0 Å². The van der Waals surface area contributed by atoms with Crippen LogP contribution < -0.4 is 4.90 Å². The van der Waals surface area contributed by atoms with Crippen LogP contribution in [-0.2, 0) is 19.1 Å². The number of carbonyl (C=O) groups is 2. The smallest absolute Gasteiger partial charge is 0.335 e. The molecule has 0 heterocycles. The minimum Gasteiger partial charge on any atom is -0.454 e. The molecular formula is C19H25ClN2O4. The highest BCUT2D eigenvalue weighted by Gasteiger charge is 2.20. The summed E-state index contributed by atoms with van der Waals surface area (Å²) in [5.41, 5.74) is 0.551. The third kappa shape index (κ3) is 7.85. The lowest BCUT2D eigenvalue weighted by Gasteiger charge is -2.22. The molecule has 1 amide bonds. The van der Waals surface area contributed by atoms with Crippen molar-refractivity contribution in [3.63, 3.8) is 0 Å². The van der Waals surface area contributed by atoms with Gasteiger partial charge in [0.05, 0.1) is 12.5 Å². The standard InChI is InChI=1S/C19H25ClN2O4/c1-14(2)8-11-25-15(3)19(24)26-13-18(23)22(10-5-9-21)17-7-4-6-16(20)12-17/h4,6-7,12,14-15H,5,8,10-11,13H2,1-3H3. The van der Waals surface area contributed by atoms with Gasteiger partial charge in [-0.05, 0) is 37.5 Å². The van der Waals surface area contributed by atoms with Crippen molar-refractivity contribution in [2.45, 2.75) is 39.7 Å². The van der Waals surface area contributed by atoms with E-state index in [1.165, 1.54) is 4.90 Å². The van der Waals surface area contributed by atoms with Crippen molar-refractivity contribution in [2.24, 2.45) is 5.92 Å². The molecule has 1 unspecified atom stereocenters. The lowest BCUT2D eigenvalue weighted by molar-refractivity contribution is -0.158. The Morgan fingerprint density at radius 3 is 2.65 bits per heavy atom. The van der Waals surface area contributed by atoms with E-state index < -0.39 is 24.6 Å². The van der Waals surface area contributed by atoms with Crippen LogP contribution in [0.1, 0.15) is 33.6 Å². The molecule has 1 atom stereocenters. The first-order valence-electron chi connectivity index (χ1n) is 8.56. The molecular weight excluding hydrogens is 356 g/mol. The normalized spacial score (nSPS) is 11.7. The van der Waals surface area contributed by atoms with E-state index in [0.717, 1.165) is 6.42 Å². The highest BCUT2D eigenvalue weighted by molar-refractivity contribution is 6.30. The molecule has 0 bridgehead atoms. The van der Waals surface area contributed by atoms with Crippen molar-refractivity contribution in [1.29, 1.82) is 5.26 Å². The van der Waals surface area contributed by atoms with Gasteiger partial charge in [0.25, 0.3) is 5.91 Å². The maximum absolute atomic E-state index is 12.4. The molecule has 6 nitrogen and oxygen atoms in total. The Bertz CT molecular complexity index is 643. The maximum atomic E-state index is 12.4. The van der Waals surface area contributed by atoms with E-state index in [2.05, 4.69) is 13.8 Å². The van der Waals surface area contributed by atoms with Crippen LogP contribution in [0, 0.1) is 17.2 Å². The summed E-state index contributed by atoms with van der Waals surface area (Å²) in [4.78, 5) is 25.8. The molecule has 26 heavy (non-hydrogen) atoms. The van der Waals surface area contributed by atoms with Gasteiger partial charge >= 0.3 is 5.97 Å². The SMILES string of the molecule is CC(C)CCOC(C)C(=O)OCC(=O)N(CCC#N)c1cccc(Cl)c1. The molecule has 0 N–H and O–H groups in total. The monoisotopic (exact) mass is 380 g/mol. The number of esters is 1. The van der Waals surface area contributed by atoms with Crippen molar-refractivity contribution < 1.29 is 19.1 Å². The number of nitriles is 1. The van der Waals surface area contributed by atoms with E-state index in [9.17, 15) is 9.59 Å². The molecule has 0 spiro atoms. The molecule has 0 fully saturated rings. The van der Waals surface area contributed by atoms with Crippen LogP contribution in [0.15, 0.2) is 24.3 Å². The Hall–Kier alpha value is -2.10. The molecule has 0 aliphatic carbocycles. The number of anilines is 1. The quantitative estimate of drug-likeness (QED) is 0.579. The van der Waals surface area contributed by atoms with Gasteiger partial charge in [-0.25, -0.2) is 4.79 Å². The molecule has 1 rings (SSSR count). The van der Waals surface area contributed by atoms with E-state index in [-0.39, 0.29) is 13.0 Å². The summed E-state index contributed by atoms with van der Waals surface area (Å²) in [6.45, 7) is 5.95. The highest BCUT2D eigenvalue weighted by atomic mass is 35.5. The minimum absolute atomic E-state index is 0.154. The minimum atomic E-state index is -0.736. The molecule has 0 saturated heterocycles. The number of hydrogen-bond acceptors (Lipinski definition) is 5. The van der Waals surface area contributed by atoms with Crippen molar-refractivity contribution in [2.75, 3.05) is 24.7 Å². The van der Waals surface area contributed by atoms with E-state index in [4.69, 9.17) is 26.3 Å². The third-order valence-electron chi connectivity index (χ3n) is 3.60. The van der Waals surface area contributed by atoms with Gasteiger partial charge in [0.15, 0.2) is 12.7 Å². The average Bonchev–Trinajstić information content (AvgIpc) is 2.59. The van der Waals surface area contributed by atoms with Crippen molar-refractivity contribution >= 4 is 29.2 Å². The number of rotatable bonds is 10. The van der Waals surface area contributed by atoms with Gasteiger partial charge in [0.2, 0.25) is 0 Å². The lowest BCUT2D eigenvalue weighted by atomic mass is 10.1. The van der Waals surface area contributed by atoms with Crippen LogP contribution in [0.4, 0.5) is 5.69 Å². The largest absolute Gasteiger partial charge is 0.454 e. The van der Waals surface area contributed by atoms with Crippen LogP contribution in [0.2, 0.25) is 5.02 Å². The fraction of sp³-hybridized carbons (Fsp3) is 0.526. The van der Waals surface area contributed by atoms with Gasteiger partial charge in [0.1, 0.15) is 0 Å². The van der Waals surface area contributed by atoms with Crippen molar-refractivity contribution in [3.8, 4) is 6.07 Å². The lowest BCUT2D eigenvalue weighted by Crippen LogP contribution is -2.37. The molecule has 0 aliphatic rings. The number of hydrogen-bond donors (Lipinski definition) is 0. The number of amides is 1. The van der Waals surface area contributed by atoms with E-state index in [1.54, 1.807) is 31.2 Å². The van der Waals surface area contributed by atoms with Gasteiger partial charge < -0.3 is 14.4 Å². The van der Waals surface area contributed by atoms with Gasteiger partial charge in [-0.3, -0.25) is 4.79 Å². The van der Waals surface area contributed by atoms with Crippen molar-refractivity contribution in [3.05, 3.63) is 29.3 Å². The molecule has 0 saturated carbocycles. The predicted octanol–water partition coefficient (Wildman–Crippen LogP) is 3.58. The Kier molecular flexibility index (Phi) is 9.71. The summed E-state index contributed by atoms with van der Waals surface area (Å²) < 4.78 is 10.5. The Morgan fingerprint density at radius 1 is 1.31 bits per heavy atom. The molecule has 0 radical (unpaired) electrons. The fourth-order valence-corrected chi connectivity index (χ4v) is 2.26. The second-order valence-corrected chi connectivity index (χ2v) is 6.67. The Labute approximate surface area is 159 Å². The van der Waals surface area contributed by atoms with Crippen molar-refractivity contribution in [1.82, 2.24) is 0 Å². The van der Waals surface area contributed by atoms with Crippen LogP contribution in [-0.4, -0.2) is 37.7 Å². The van der Waals surface area contributed by atoms with E-state index in [0.29, 0.717) is 23.2 Å². The number of nitrogens with zero attached hydrogens (tertiary/aromatic N) is 2. The zero-order valence-corrected chi connectivity index (χ0v) is 16.2. The first kappa shape index (κ1) is 21.9. The summed E-state index contributed by atoms with van der Waals surface area (Å²) in [6, 6.07) is 8.73. The third-order valence-corrected chi connectivity index (χ3v) is 3.84. The summed E-state index contributed by atoms with van der Waals surface area (Å²) in [5, 5.41) is 9.27. The Balaban J connectivity index is 2.61. The topological polar surface area (TPSA) is 79.6 Å². The number of ether oxygens (including phenoxy) is 2. The summed E-state index contributed by atoms with van der Waals surface area (Å²) in [6.07, 6.45) is 0.258. The second kappa shape index (κ2) is 11.5. The summed E-state index contributed by atoms with van der Waals surface area (Å²) in [5.74, 6) is -0.537. The first-order valence-corrected chi connectivity index (χ1v) is 8.94. The molecule has 7 heteroatoms. The predicted molar refractivity (Wildman–Crippen MR) is 99.9 cm³/mol. The zero-order chi connectivity index (χ0) is 19.5. The summed E-state index contributed by atoms with van der Waals surface area (Å²) >= 11 is 5.96. The zero-order valence-electron chi connectivity index (χ0n) is 15.4. The van der Waals surface area contributed by atoms with Crippen LogP contribution in [0.5, 0.6) is 0 Å². The van der Waals surface area contributed by atoms with Gasteiger partial charge in [-0.1, -0.05) is 31.5 Å². The maximum Gasteiger partial charge on any atom is 0.335 e. The second-order valence-electron chi connectivity index (χ2n) is 6.24. The first-order chi connectivity index (χ1) is 12.3.